The number of amides is 1. The predicted octanol–water partition coefficient (Wildman–Crippen LogP) is 4.08. The van der Waals surface area contributed by atoms with E-state index in [1.54, 1.807) is 7.11 Å². The van der Waals surface area contributed by atoms with Crippen molar-refractivity contribution in [1.29, 1.82) is 0 Å². The van der Waals surface area contributed by atoms with Crippen molar-refractivity contribution in [2.24, 2.45) is 5.92 Å². The first kappa shape index (κ1) is 21.4. The number of hydrogen-bond donors (Lipinski definition) is 0. The fourth-order valence-corrected chi connectivity index (χ4v) is 4.67. The number of ether oxygens (including phenoxy) is 3. The average Bonchev–Trinajstić information content (AvgIpc) is 3.45. The molecule has 1 saturated carbocycles. The second kappa shape index (κ2) is 8.39. The maximum absolute atomic E-state index is 12.4. The molecular weight excluding hydrogens is 380 g/mol. The van der Waals surface area contributed by atoms with E-state index in [0.29, 0.717) is 5.92 Å². The zero-order chi connectivity index (χ0) is 21.4. The molecule has 0 radical (unpaired) electrons. The van der Waals surface area contributed by atoms with Crippen LogP contribution in [0.5, 0.6) is 5.75 Å². The molecule has 3 aliphatic rings. The Morgan fingerprint density at radius 2 is 1.83 bits per heavy atom. The normalized spacial score (nSPS) is 24.7. The first-order valence-corrected chi connectivity index (χ1v) is 11.3. The zero-order valence-electron chi connectivity index (χ0n) is 18.9. The van der Waals surface area contributed by atoms with Crippen LogP contribution in [0.15, 0.2) is 24.3 Å². The highest BCUT2D eigenvalue weighted by atomic mass is 16.6. The maximum atomic E-state index is 12.4. The summed E-state index contributed by atoms with van der Waals surface area (Å²) >= 11 is 0. The van der Waals surface area contributed by atoms with E-state index in [-0.39, 0.29) is 17.8 Å². The van der Waals surface area contributed by atoms with Crippen LogP contribution in [-0.4, -0.2) is 66.5 Å². The van der Waals surface area contributed by atoms with Gasteiger partial charge in [-0.05, 0) is 70.1 Å². The number of hydrogen-bond acceptors (Lipinski definition) is 5. The Hall–Kier alpha value is -1.79. The topological polar surface area (TPSA) is 51.2 Å². The summed E-state index contributed by atoms with van der Waals surface area (Å²) in [5, 5.41) is 0. The van der Waals surface area contributed by atoms with Gasteiger partial charge in [0.1, 0.15) is 11.4 Å². The molecule has 1 amide bonds. The summed E-state index contributed by atoms with van der Waals surface area (Å²) in [5.74, 6) is 1.40. The lowest BCUT2D eigenvalue weighted by Crippen LogP contribution is -2.53. The van der Waals surface area contributed by atoms with Gasteiger partial charge in [-0.2, -0.15) is 0 Å². The number of rotatable bonds is 4. The van der Waals surface area contributed by atoms with Crippen LogP contribution in [0, 0.1) is 5.92 Å². The van der Waals surface area contributed by atoms with Crippen LogP contribution in [-0.2, 0) is 16.0 Å². The highest BCUT2D eigenvalue weighted by Crippen LogP contribution is 2.46. The number of likely N-dealkylation sites (tertiary alicyclic amines) is 1. The van der Waals surface area contributed by atoms with Crippen LogP contribution < -0.4 is 4.74 Å². The van der Waals surface area contributed by atoms with Crippen LogP contribution in [0.3, 0.4) is 0 Å². The molecule has 0 bridgehead atoms. The number of nitrogens with zero attached hydrogens (tertiary/aromatic N) is 2. The van der Waals surface area contributed by atoms with Gasteiger partial charge >= 0.3 is 6.09 Å². The van der Waals surface area contributed by atoms with E-state index in [9.17, 15) is 4.79 Å². The zero-order valence-corrected chi connectivity index (χ0v) is 18.9. The Morgan fingerprint density at radius 1 is 1.17 bits per heavy atom. The SMILES string of the molecule is COc1ccc(CN2CC(C3CCN(C(=O)OC(C)(C)C)CC3)OC3(CC3)C2)cc1. The lowest BCUT2D eigenvalue weighted by Gasteiger charge is -2.44. The van der Waals surface area contributed by atoms with Gasteiger partial charge in [0, 0.05) is 32.7 Å². The minimum absolute atomic E-state index is 0.0671. The molecule has 4 rings (SSSR count). The van der Waals surface area contributed by atoms with Crippen molar-refractivity contribution < 1.29 is 19.0 Å². The maximum Gasteiger partial charge on any atom is 0.410 e. The highest BCUT2D eigenvalue weighted by Gasteiger charge is 2.51. The molecule has 0 aromatic heterocycles. The van der Waals surface area contributed by atoms with Crippen LogP contribution in [0.2, 0.25) is 0 Å². The smallest absolute Gasteiger partial charge is 0.410 e. The third-order valence-electron chi connectivity index (χ3n) is 6.44. The summed E-state index contributed by atoms with van der Waals surface area (Å²) in [6.45, 7) is 10.2. The largest absolute Gasteiger partial charge is 0.497 e. The molecule has 1 unspecified atom stereocenters. The monoisotopic (exact) mass is 416 g/mol. The number of carbonyl (C=O) groups excluding carboxylic acids is 1. The number of carbonyl (C=O) groups is 1. The third-order valence-corrected chi connectivity index (χ3v) is 6.44. The van der Waals surface area contributed by atoms with E-state index < -0.39 is 5.60 Å². The Balaban J connectivity index is 1.33. The standard InChI is InChI=1S/C24H36N2O4/c1-23(2,3)30-22(27)26-13-9-19(10-14-26)21-16-25(17-24(29-21)11-12-24)15-18-5-7-20(28-4)8-6-18/h5-8,19,21H,9-17H2,1-4H3. The van der Waals surface area contributed by atoms with Crippen LogP contribution in [0.25, 0.3) is 0 Å². The second-order valence-electron chi connectivity index (χ2n) is 10.2. The van der Waals surface area contributed by atoms with E-state index in [1.807, 2.05) is 37.8 Å². The molecule has 0 N–H and O–H groups in total. The van der Waals surface area contributed by atoms with Gasteiger partial charge in [-0.25, -0.2) is 4.79 Å². The lowest BCUT2D eigenvalue weighted by atomic mass is 9.89. The first-order chi connectivity index (χ1) is 14.3. The van der Waals surface area contributed by atoms with Crippen molar-refractivity contribution in [1.82, 2.24) is 9.80 Å². The summed E-state index contributed by atoms with van der Waals surface area (Å²) in [4.78, 5) is 16.8. The van der Waals surface area contributed by atoms with Crippen molar-refractivity contribution in [2.75, 3.05) is 33.3 Å². The van der Waals surface area contributed by atoms with Gasteiger partial charge in [-0.3, -0.25) is 4.90 Å². The van der Waals surface area contributed by atoms with Gasteiger partial charge in [0.05, 0.1) is 18.8 Å². The molecule has 1 aromatic carbocycles. The van der Waals surface area contributed by atoms with Crippen molar-refractivity contribution >= 4 is 6.09 Å². The van der Waals surface area contributed by atoms with Crippen LogP contribution in [0.4, 0.5) is 4.79 Å². The van der Waals surface area contributed by atoms with Gasteiger partial charge in [0.15, 0.2) is 0 Å². The number of benzene rings is 1. The summed E-state index contributed by atoms with van der Waals surface area (Å²) in [6, 6.07) is 8.38. The summed E-state index contributed by atoms with van der Waals surface area (Å²) < 4.78 is 17.4. The van der Waals surface area contributed by atoms with Gasteiger partial charge in [-0.1, -0.05) is 12.1 Å². The summed E-state index contributed by atoms with van der Waals surface area (Å²) in [6.07, 6.45) is 4.36. The molecular formula is C24H36N2O4. The Morgan fingerprint density at radius 3 is 2.40 bits per heavy atom. The van der Waals surface area contributed by atoms with Crippen LogP contribution in [0.1, 0.15) is 52.0 Å². The molecule has 3 fully saturated rings. The number of methoxy groups -OCH3 is 1. The van der Waals surface area contributed by atoms with Gasteiger partial charge < -0.3 is 19.1 Å². The molecule has 2 aliphatic heterocycles. The predicted molar refractivity (Wildman–Crippen MR) is 116 cm³/mol. The van der Waals surface area contributed by atoms with E-state index in [4.69, 9.17) is 14.2 Å². The molecule has 166 valence electrons. The van der Waals surface area contributed by atoms with E-state index in [1.165, 1.54) is 18.4 Å². The first-order valence-electron chi connectivity index (χ1n) is 11.3. The molecule has 1 atom stereocenters. The fourth-order valence-electron chi connectivity index (χ4n) is 4.67. The van der Waals surface area contributed by atoms with E-state index in [2.05, 4.69) is 17.0 Å². The summed E-state index contributed by atoms with van der Waals surface area (Å²) in [5.41, 5.74) is 0.935. The third kappa shape index (κ3) is 5.27. The molecule has 1 aliphatic carbocycles. The molecule has 1 aromatic rings. The lowest BCUT2D eigenvalue weighted by molar-refractivity contribution is -0.132. The second-order valence-corrected chi connectivity index (χ2v) is 10.2. The number of morpholine rings is 1. The van der Waals surface area contributed by atoms with Crippen LogP contribution >= 0.6 is 0 Å². The Bertz CT molecular complexity index is 731. The Labute approximate surface area is 180 Å². The minimum atomic E-state index is -0.444. The quantitative estimate of drug-likeness (QED) is 0.740. The Kier molecular flexibility index (Phi) is 5.99. The molecule has 30 heavy (non-hydrogen) atoms. The highest BCUT2D eigenvalue weighted by molar-refractivity contribution is 5.68. The van der Waals surface area contributed by atoms with Crippen molar-refractivity contribution in [2.45, 2.75) is 70.3 Å². The van der Waals surface area contributed by atoms with Gasteiger partial charge in [0.25, 0.3) is 0 Å². The van der Waals surface area contributed by atoms with Gasteiger partial charge in [-0.15, -0.1) is 0 Å². The van der Waals surface area contributed by atoms with Gasteiger partial charge in [0.2, 0.25) is 0 Å². The molecule has 1 spiro atoms. The van der Waals surface area contributed by atoms with E-state index >= 15 is 0 Å². The summed E-state index contributed by atoms with van der Waals surface area (Å²) in [7, 11) is 1.70. The van der Waals surface area contributed by atoms with Crippen molar-refractivity contribution in [3.8, 4) is 5.75 Å². The van der Waals surface area contributed by atoms with E-state index in [0.717, 1.165) is 51.3 Å². The van der Waals surface area contributed by atoms with Crippen molar-refractivity contribution in [3.05, 3.63) is 29.8 Å². The minimum Gasteiger partial charge on any atom is -0.497 e. The average molecular weight is 417 g/mol. The molecule has 6 nitrogen and oxygen atoms in total. The fraction of sp³-hybridized carbons (Fsp3) is 0.708. The molecule has 6 heteroatoms. The number of piperidine rings is 1. The molecule has 2 saturated heterocycles. The van der Waals surface area contributed by atoms with Crippen molar-refractivity contribution in [3.63, 3.8) is 0 Å². The molecule has 2 heterocycles.